The first-order valence-electron chi connectivity index (χ1n) is 6.66. The fourth-order valence-electron chi connectivity index (χ4n) is 2.17. The van der Waals surface area contributed by atoms with E-state index in [1.807, 2.05) is 0 Å². The Kier molecular flexibility index (Phi) is 5.49. The van der Waals surface area contributed by atoms with Crippen molar-refractivity contribution in [2.45, 2.75) is 30.6 Å². The Bertz CT molecular complexity index is 669. The molecule has 0 saturated carbocycles. The van der Waals surface area contributed by atoms with Crippen LogP contribution >= 0.6 is 0 Å². The highest BCUT2D eigenvalue weighted by atomic mass is 19.1. The lowest BCUT2D eigenvalue weighted by molar-refractivity contribution is -0.385. The lowest BCUT2D eigenvalue weighted by atomic mass is 9.98. The van der Waals surface area contributed by atoms with Crippen LogP contribution in [0.5, 0.6) is 5.75 Å². The Morgan fingerprint density at radius 3 is 2.71 bits per heavy atom. The number of nitrogens with zero attached hydrogens (tertiary/aromatic N) is 4. The smallest absolute Gasteiger partial charge is 0.272 e. The minimum absolute atomic E-state index is 0.455. The molecule has 0 radical (unpaired) electrons. The molecule has 0 bridgehead atoms. The molecule has 12 heteroatoms. The molecule has 3 N–H and O–H groups in total. The van der Waals surface area contributed by atoms with Gasteiger partial charge in [0.15, 0.2) is 11.6 Å². The van der Waals surface area contributed by atoms with Crippen molar-refractivity contribution < 1.29 is 34.1 Å². The lowest BCUT2D eigenvalue weighted by Gasteiger charge is -2.40. The molecule has 24 heavy (non-hydrogen) atoms. The molecule has 130 valence electrons. The Balaban J connectivity index is 2.27. The van der Waals surface area contributed by atoms with Gasteiger partial charge >= 0.3 is 0 Å². The van der Waals surface area contributed by atoms with Crippen LogP contribution in [0.15, 0.2) is 23.3 Å². The van der Waals surface area contributed by atoms with Gasteiger partial charge in [-0.3, -0.25) is 10.1 Å². The third-order valence-electron chi connectivity index (χ3n) is 3.40. The minimum Gasteiger partial charge on any atom is -0.461 e. The summed E-state index contributed by atoms with van der Waals surface area (Å²) < 4.78 is 24.2. The zero-order valence-corrected chi connectivity index (χ0v) is 12.0. The predicted octanol–water partition coefficient (Wildman–Crippen LogP) is 0.231. The van der Waals surface area contributed by atoms with Crippen molar-refractivity contribution in [3.63, 3.8) is 0 Å². The van der Waals surface area contributed by atoms with Crippen molar-refractivity contribution in [1.82, 2.24) is 0 Å². The number of halogens is 1. The van der Waals surface area contributed by atoms with Crippen LogP contribution in [-0.4, -0.2) is 57.5 Å². The molecule has 11 nitrogen and oxygen atoms in total. The van der Waals surface area contributed by atoms with Crippen LogP contribution in [0, 0.1) is 15.9 Å². The molecule has 0 aromatic heterocycles. The van der Waals surface area contributed by atoms with E-state index in [0.29, 0.717) is 6.07 Å². The third kappa shape index (κ3) is 3.53. The molecular weight excluding hydrogens is 331 g/mol. The molecule has 5 atom stereocenters. The number of hydrogen-bond acceptors (Lipinski definition) is 8. The molecule has 1 aromatic carbocycles. The molecule has 1 saturated heterocycles. The van der Waals surface area contributed by atoms with E-state index in [1.165, 1.54) is 0 Å². The Hall–Kier alpha value is -2.50. The van der Waals surface area contributed by atoms with E-state index in [2.05, 4.69) is 10.0 Å². The van der Waals surface area contributed by atoms with Gasteiger partial charge in [-0.1, -0.05) is 5.11 Å². The first-order chi connectivity index (χ1) is 11.4. The van der Waals surface area contributed by atoms with Crippen LogP contribution in [0.4, 0.5) is 10.1 Å². The van der Waals surface area contributed by atoms with E-state index < -0.39 is 59.4 Å². The third-order valence-corrected chi connectivity index (χ3v) is 3.40. The summed E-state index contributed by atoms with van der Waals surface area (Å²) in [4.78, 5) is 12.3. The SMILES string of the molecule is [N-]=[N+]=N[C@H]1C(Oc2ccc([N+](=O)[O-])cc2F)O[C@H](CO)[C@H](O)[C@@H]1O. The Labute approximate surface area is 133 Å². The molecule has 0 aliphatic carbocycles. The number of nitro benzene ring substituents is 1. The van der Waals surface area contributed by atoms with Crippen molar-refractivity contribution in [3.05, 3.63) is 44.6 Å². The van der Waals surface area contributed by atoms with Gasteiger partial charge in [-0.15, -0.1) is 0 Å². The van der Waals surface area contributed by atoms with Crippen LogP contribution < -0.4 is 4.74 Å². The number of nitro groups is 1. The molecule has 0 amide bonds. The van der Waals surface area contributed by atoms with Gasteiger partial charge in [-0.05, 0) is 11.6 Å². The average molecular weight is 344 g/mol. The summed E-state index contributed by atoms with van der Waals surface area (Å²) in [5.74, 6) is -1.53. The fraction of sp³-hybridized carbons (Fsp3) is 0.500. The number of aliphatic hydroxyl groups excluding tert-OH is 3. The second-order valence-corrected chi connectivity index (χ2v) is 4.89. The van der Waals surface area contributed by atoms with Crippen LogP contribution in [-0.2, 0) is 4.74 Å². The molecule has 1 aliphatic heterocycles. The summed E-state index contributed by atoms with van der Waals surface area (Å²) >= 11 is 0. The van der Waals surface area contributed by atoms with E-state index in [0.717, 1.165) is 12.1 Å². The average Bonchev–Trinajstić information content (AvgIpc) is 2.55. The number of rotatable bonds is 5. The zero-order valence-electron chi connectivity index (χ0n) is 12.0. The molecule has 0 spiro atoms. The van der Waals surface area contributed by atoms with Crippen molar-refractivity contribution in [1.29, 1.82) is 0 Å². The van der Waals surface area contributed by atoms with Crippen LogP contribution in [0.3, 0.4) is 0 Å². The highest BCUT2D eigenvalue weighted by Gasteiger charge is 2.45. The summed E-state index contributed by atoms with van der Waals surface area (Å²) in [6.07, 6.45) is -5.95. The molecule has 1 aromatic rings. The Morgan fingerprint density at radius 2 is 2.17 bits per heavy atom. The molecule has 1 unspecified atom stereocenters. The first kappa shape index (κ1) is 17.8. The molecule has 2 rings (SSSR count). The van der Waals surface area contributed by atoms with Gasteiger partial charge in [0.25, 0.3) is 5.69 Å². The maximum absolute atomic E-state index is 13.9. The van der Waals surface area contributed by atoms with E-state index in [4.69, 9.17) is 20.1 Å². The normalized spacial score (nSPS) is 29.6. The van der Waals surface area contributed by atoms with Gasteiger partial charge < -0.3 is 24.8 Å². The summed E-state index contributed by atoms with van der Waals surface area (Å²) in [5, 5.41) is 42.6. The van der Waals surface area contributed by atoms with Crippen LogP contribution in [0.1, 0.15) is 0 Å². The minimum atomic E-state index is -1.63. The first-order valence-corrected chi connectivity index (χ1v) is 6.66. The lowest BCUT2D eigenvalue weighted by Crippen LogP contribution is -2.59. The number of aliphatic hydroxyl groups is 3. The zero-order chi connectivity index (χ0) is 17.9. The van der Waals surface area contributed by atoms with Gasteiger partial charge in [0, 0.05) is 11.0 Å². The summed E-state index contributed by atoms with van der Waals surface area (Å²) in [6, 6.07) is 1.14. The van der Waals surface area contributed by atoms with E-state index in [1.54, 1.807) is 0 Å². The van der Waals surface area contributed by atoms with Crippen molar-refractivity contribution in [2.75, 3.05) is 6.61 Å². The van der Waals surface area contributed by atoms with Crippen LogP contribution in [0.25, 0.3) is 10.4 Å². The standard InChI is InChI=1S/C12H13FN4O7/c13-6-3-5(17(21)22)1-2-7(6)23-12-9(15-16-14)11(20)10(19)8(4-18)24-12/h1-3,8-12,18-20H,4H2/t8-,9-,10+,11-,12?/m1/s1. The molecule has 1 fully saturated rings. The van der Waals surface area contributed by atoms with Gasteiger partial charge in [-0.25, -0.2) is 4.39 Å². The number of non-ortho nitro benzene ring substituents is 1. The fourth-order valence-corrected chi connectivity index (χ4v) is 2.17. The maximum atomic E-state index is 13.9. The molecular formula is C12H13FN4O7. The summed E-state index contributed by atoms with van der Waals surface area (Å²) in [7, 11) is 0. The number of hydrogen-bond donors (Lipinski definition) is 3. The number of ether oxygens (including phenoxy) is 2. The Morgan fingerprint density at radius 1 is 1.46 bits per heavy atom. The second-order valence-electron chi connectivity index (χ2n) is 4.89. The summed E-state index contributed by atoms with van der Waals surface area (Å²) in [5.41, 5.74) is 8.04. The van der Waals surface area contributed by atoms with Gasteiger partial charge in [0.2, 0.25) is 6.29 Å². The second kappa shape index (κ2) is 7.38. The van der Waals surface area contributed by atoms with Crippen molar-refractivity contribution in [2.24, 2.45) is 5.11 Å². The van der Waals surface area contributed by atoms with Crippen molar-refractivity contribution in [3.8, 4) is 5.75 Å². The van der Waals surface area contributed by atoms with Gasteiger partial charge in [0.1, 0.15) is 18.2 Å². The van der Waals surface area contributed by atoms with E-state index in [9.17, 15) is 24.7 Å². The number of azide groups is 1. The predicted molar refractivity (Wildman–Crippen MR) is 74.4 cm³/mol. The van der Waals surface area contributed by atoms with Gasteiger partial charge in [0.05, 0.1) is 23.7 Å². The molecule has 1 aliphatic rings. The quantitative estimate of drug-likeness (QED) is 0.225. The highest BCUT2D eigenvalue weighted by Crippen LogP contribution is 2.29. The van der Waals surface area contributed by atoms with Crippen LogP contribution in [0.2, 0.25) is 0 Å². The van der Waals surface area contributed by atoms with Gasteiger partial charge in [-0.2, -0.15) is 0 Å². The highest BCUT2D eigenvalue weighted by molar-refractivity contribution is 5.37. The monoisotopic (exact) mass is 344 g/mol. The summed E-state index contributed by atoms with van der Waals surface area (Å²) in [6.45, 7) is -0.677. The van der Waals surface area contributed by atoms with Crippen molar-refractivity contribution >= 4 is 5.69 Å². The largest absolute Gasteiger partial charge is 0.461 e. The van der Waals surface area contributed by atoms with E-state index in [-0.39, 0.29) is 0 Å². The topological polar surface area (TPSA) is 171 Å². The maximum Gasteiger partial charge on any atom is 0.272 e. The van der Waals surface area contributed by atoms with E-state index >= 15 is 0 Å². The molecule has 1 heterocycles. The number of benzene rings is 1.